The zero-order valence-electron chi connectivity index (χ0n) is 16.0. The molecule has 1 fully saturated rings. The van der Waals surface area contributed by atoms with Gasteiger partial charge >= 0.3 is 6.18 Å². The van der Waals surface area contributed by atoms with Gasteiger partial charge in [-0.2, -0.15) is 18.4 Å². The Balaban J connectivity index is 1.90. The number of amides is 1. The summed E-state index contributed by atoms with van der Waals surface area (Å²) in [7, 11) is 0. The number of carbonyl (C=O) groups is 1. The van der Waals surface area contributed by atoms with Gasteiger partial charge in [-0.25, -0.2) is 0 Å². The molecular formula is C19H21F3N6O. The Bertz CT molecular complexity index is 969. The van der Waals surface area contributed by atoms with Crippen LogP contribution in [0.25, 0.3) is 11.0 Å². The number of benzene rings is 1. The van der Waals surface area contributed by atoms with Crippen molar-refractivity contribution < 1.29 is 18.0 Å². The highest BCUT2D eigenvalue weighted by molar-refractivity contribution is 5.92. The van der Waals surface area contributed by atoms with Crippen molar-refractivity contribution in [2.24, 2.45) is 11.1 Å². The van der Waals surface area contributed by atoms with Crippen LogP contribution < -0.4 is 16.0 Å². The van der Waals surface area contributed by atoms with Gasteiger partial charge in [-0.1, -0.05) is 13.8 Å². The summed E-state index contributed by atoms with van der Waals surface area (Å²) in [5.41, 5.74) is 6.82. The Morgan fingerprint density at radius 1 is 1.34 bits per heavy atom. The van der Waals surface area contributed by atoms with Crippen molar-refractivity contribution in [2.75, 3.05) is 18.0 Å². The second kappa shape index (κ2) is 7.48. The topological polar surface area (TPSA) is 108 Å². The van der Waals surface area contributed by atoms with Gasteiger partial charge in [0.05, 0.1) is 11.3 Å². The van der Waals surface area contributed by atoms with E-state index >= 15 is 0 Å². The molecule has 1 saturated heterocycles. The van der Waals surface area contributed by atoms with Gasteiger partial charge < -0.3 is 16.0 Å². The lowest BCUT2D eigenvalue weighted by atomic mass is 9.81. The van der Waals surface area contributed by atoms with E-state index in [1.54, 1.807) is 12.1 Å². The first-order chi connectivity index (χ1) is 13.5. The van der Waals surface area contributed by atoms with Crippen LogP contribution in [-0.2, 0) is 4.79 Å². The summed E-state index contributed by atoms with van der Waals surface area (Å²) in [6.07, 6.45) is -1.29. The fraction of sp³-hybridized carbons (Fsp3) is 0.474. The minimum Gasteiger partial charge on any atom is -0.367 e. The highest BCUT2D eigenvalue weighted by atomic mass is 19.4. The number of rotatable bonds is 3. The number of anilines is 1. The average molecular weight is 406 g/mol. The molecule has 0 radical (unpaired) electrons. The monoisotopic (exact) mass is 406 g/mol. The number of nitriles is 1. The van der Waals surface area contributed by atoms with E-state index < -0.39 is 24.2 Å². The maximum absolute atomic E-state index is 12.8. The predicted octanol–water partition coefficient (Wildman–Crippen LogP) is 2.11. The van der Waals surface area contributed by atoms with E-state index in [4.69, 9.17) is 5.73 Å². The third-order valence-corrected chi connectivity index (χ3v) is 4.91. The number of halogens is 3. The summed E-state index contributed by atoms with van der Waals surface area (Å²) < 4.78 is 38.3. The number of nitrogens with one attached hydrogen (secondary N) is 1. The molecule has 1 aliphatic heterocycles. The van der Waals surface area contributed by atoms with Gasteiger partial charge in [0.2, 0.25) is 5.91 Å². The van der Waals surface area contributed by atoms with Crippen LogP contribution in [0.5, 0.6) is 0 Å². The third kappa shape index (κ3) is 4.40. The molecule has 1 aromatic carbocycles. The lowest BCUT2D eigenvalue weighted by molar-refractivity contribution is -0.163. The molecule has 7 nitrogen and oxygen atoms in total. The number of piperidine rings is 1. The van der Waals surface area contributed by atoms with E-state index in [1.807, 2.05) is 18.7 Å². The first-order valence-corrected chi connectivity index (χ1v) is 9.03. The maximum Gasteiger partial charge on any atom is 0.412 e. The van der Waals surface area contributed by atoms with Crippen LogP contribution in [-0.4, -0.2) is 47.2 Å². The number of alkyl halides is 3. The Labute approximate surface area is 165 Å². The summed E-state index contributed by atoms with van der Waals surface area (Å²) in [5, 5.41) is 11.7. The highest BCUT2D eigenvalue weighted by Crippen LogP contribution is 2.35. The normalized spacial score (nSPS) is 20.2. The molecule has 29 heavy (non-hydrogen) atoms. The second-order valence-corrected chi connectivity index (χ2v) is 7.97. The second-order valence-electron chi connectivity index (χ2n) is 7.97. The van der Waals surface area contributed by atoms with Crippen LogP contribution in [0.3, 0.4) is 0 Å². The molecule has 2 atom stereocenters. The zero-order valence-corrected chi connectivity index (χ0v) is 16.0. The van der Waals surface area contributed by atoms with Crippen LogP contribution in [0.15, 0.2) is 24.5 Å². The fourth-order valence-corrected chi connectivity index (χ4v) is 3.75. The molecule has 10 heteroatoms. The molecule has 0 aliphatic carbocycles. The van der Waals surface area contributed by atoms with Crippen LogP contribution in [0.1, 0.15) is 25.8 Å². The Hall–Kier alpha value is -2.93. The van der Waals surface area contributed by atoms with Crippen molar-refractivity contribution in [1.29, 1.82) is 5.26 Å². The van der Waals surface area contributed by atoms with E-state index in [2.05, 4.69) is 21.4 Å². The quantitative estimate of drug-likeness (QED) is 0.808. The highest BCUT2D eigenvalue weighted by Gasteiger charge is 2.43. The van der Waals surface area contributed by atoms with Crippen LogP contribution in [0.2, 0.25) is 0 Å². The van der Waals surface area contributed by atoms with E-state index in [-0.39, 0.29) is 12.0 Å². The summed E-state index contributed by atoms with van der Waals surface area (Å²) in [6, 6.07) is 2.37. The Kier molecular flexibility index (Phi) is 5.36. The molecule has 2 heterocycles. The molecule has 1 aromatic heterocycles. The molecule has 1 unspecified atom stereocenters. The van der Waals surface area contributed by atoms with Crippen molar-refractivity contribution in [1.82, 2.24) is 15.3 Å². The number of hydrogen-bond donors (Lipinski definition) is 2. The molecular weight excluding hydrogens is 385 g/mol. The van der Waals surface area contributed by atoms with E-state index in [9.17, 15) is 23.2 Å². The molecule has 0 spiro atoms. The molecule has 1 amide bonds. The molecule has 3 rings (SSSR count). The van der Waals surface area contributed by atoms with Gasteiger partial charge in [0.15, 0.2) is 6.04 Å². The number of hydrogen-bond acceptors (Lipinski definition) is 6. The van der Waals surface area contributed by atoms with Gasteiger partial charge in [-0.3, -0.25) is 14.8 Å². The van der Waals surface area contributed by atoms with Crippen molar-refractivity contribution in [2.45, 2.75) is 38.5 Å². The SMILES string of the molecule is CC1(C)C[C@@H](NC(=O)C(N)C(F)(F)F)CN(c2ccc(C#N)c3nccnc23)C1. The molecule has 0 saturated carbocycles. The molecule has 1 aliphatic rings. The van der Waals surface area contributed by atoms with E-state index in [0.717, 1.165) is 0 Å². The molecule has 154 valence electrons. The third-order valence-electron chi connectivity index (χ3n) is 4.91. The predicted molar refractivity (Wildman–Crippen MR) is 101 cm³/mol. The first kappa shape index (κ1) is 20.8. The minimum absolute atomic E-state index is 0.289. The van der Waals surface area contributed by atoms with Crippen molar-refractivity contribution in [3.63, 3.8) is 0 Å². The minimum atomic E-state index is -4.80. The zero-order chi connectivity index (χ0) is 21.4. The van der Waals surface area contributed by atoms with E-state index in [0.29, 0.717) is 35.2 Å². The lowest BCUT2D eigenvalue weighted by Crippen LogP contribution is -2.58. The fourth-order valence-electron chi connectivity index (χ4n) is 3.75. The summed E-state index contributed by atoms with van der Waals surface area (Å²) >= 11 is 0. The number of aromatic nitrogens is 2. The van der Waals surface area contributed by atoms with Gasteiger partial charge in [0, 0.05) is 31.5 Å². The lowest BCUT2D eigenvalue weighted by Gasteiger charge is -2.44. The molecule has 2 aromatic rings. The standard InChI is InChI=1S/C19H21F3N6O/c1-18(2)7-12(27-17(29)16(24)19(20,21)22)9-28(10-18)13-4-3-11(8-23)14-15(13)26-6-5-25-14/h3-6,12,16H,7,9-10,24H2,1-2H3,(H,27,29)/t12-,16?/m1/s1. The largest absolute Gasteiger partial charge is 0.412 e. The first-order valence-electron chi connectivity index (χ1n) is 9.03. The van der Waals surface area contributed by atoms with Crippen LogP contribution in [0, 0.1) is 16.7 Å². The van der Waals surface area contributed by atoms with Crippen molar-refractivity contribution >= 4 is 22.6 Å². The number of carbonyl (C=O) groups excluding carboxylic acids is 1. The summed E-state index contributed by atoms with van der Waals surface area (Å²) in [6.45, 7) is 4.83. The van der Waals surface area contributed by atoms with Gasteiger partial charge in [-0.15, -0.1) is 0 Å². The van der Waals surface area contributed by atoms with Crippen LogP contribution >= 0.6 is 0 Å². The average Bonchev–Trinajstić information content (AvgIpc) is 2.64. The van der Waals surface area contributed by atoms with Gasteiger partial charge in [0.1, 0.15) is 17.1 Å². The molecule has 0 bridgehead atoms. The van der Waals surface area contributed by atoms with Crippen LogP contribution in [0.4, 0.5) is 18.9 Å². The number of nitrogens with two attached hydrogens (primary N) is 1. The van der Waals surface area contributed by atoms with Gasteiger partial charge in [0.25, 0.3) is 0 Å². The van der Waals surface area contributed by atoms with E-state index in [1.165, 1.54) is 12.4 Å². The summed E-state index contributed by atoms with van der Waals surface area (Å²) in [4.78, 5) is 22.5. The van der Waals surface area contributed by atoms with Crippen molar-refractivity contribution in [3.8, 4) is 6.07 Å². The maximum atomic E-state index is 12.8. The Morgan fingerprint density at radius 3 is 2.62 bits per heavy atom. The molecule has 3 N–H and O–H groups in total. The summed E-state index contributed by atoms with van der Waals surface area (Å²) in [5.74, 6) is -1.25. The number of fused-ring (bicyclic) bond motifs is 1. The van der Waals surface area contributed by atoms with Crippen molar-refractivity contribution in [3.05, 3.63) is 30.1 Å². The Morgan fingerprint density at radius 2 is 2.00 bits per heavy atom. The van der Waals surface area contributed by atoms with Gasteiger partial charge in [-0.05, 0) is 24.0 Å². The smallest absolute Gasteiger partial charge is 0.367 e. The number of nitrogens with zero attached hydrogens (tertiary/aromatic N) is 4.